The topological polar surface area (TPSA) is 70.2 Å². The third-order valence-corrected chi connectivity index (χ3v) is 3.43. The first-order valence-corrected chi connectivity index (χ1v) is 8.50. The molecule has 6 heteroatoms. The minimum absolute atomic E-state index is 0.150. The number of carbonyl (C=O) groups is 1. The van der Waals surface area contributed by atoms with Crippen LogP contribution in [0.3, 0.4) is 0 Å². The molecule has 0 unspecified atom stereocenters. The number of rotatable bonds is 7. The van der Waals surface area contributed by atoms with Gasteiger partial charge in [-0.1, -0.05) is 12.1 Å². The Morgan fingerprint density at radius 3 is 2.00 bits per heavy atom. The summed E-state index contributed by atoms with van der Waals surface area (Å²) >= 11 is 0. The van der Waals surface area contributed by atoms with E-state index in [2.05, 4.69) is 25.5 Å². The van der Waals surface area contributed by atoms with Crippen molar-refractivity contribution in [3.8, 4) is 0 Å². The SMILES string of the molecule is CC(C)(C)NC(=O)NCCN(Cc1ccccn1)Cc1ccccn1. The first-order chi connectivity index (χ1) is 11.9. The van der Waals surface area contributed by atoms with Crippen molar-refractivity contribution in [1.82, 2.24) is 25.5 Å². The maximum atomic E-state index is 11.9. The summed E-state index contributed by atoms with van der Waals surface area (Å²) in [5.41, 5.74) is 1.75. The van der Waals surface area contributed by atoms with Crippen molar-refractivity contribution in [2.45, 2.75) is 39.4 Å². The van der Waals surface area contributed by atoms with Crippen LogP contribution in [0.15, 0.2) is 48.8 Å². The molecule has 0 radical (unpaired) electrons. The summed E-state index contributed by atoms with van der Waals surface area (Å²) in [6.07, 6.45) is 3.59. The van der Waals surface area contributed by atoms with Crippen LogP contribution in [0.25, 0.3) is 0 Å². The van der Waals surface area contributed by atoms with E-state index in [4.69, 9.17) is 0 Å². The molecule has 0 aliphatic heterocycles. The average Bonchev–Trinajstić information content (AvgIpc) is 2.55. The van der Waals surface area contributed by atoms with Crippen LogP contribution in [0, 0.1) is 0 Å². The smallest absolute Gasteiger partial charge is 0.315 e. The third-order valence-electron chi connectivity index (χ3n) is 3.43. The second kappa shape index (κ2) is 9.13. The lowest BCUT2D eigenvalue weighted by atomic mass is 10.1. The number of carbonyl (C=O) groups excluding carboxylic acids is 1. The van der Waals surface area contributed by atoms with E-state index in [1.165, 1.54) is 0 Å². The fraction of sp³-hybridized carbons (Fsp3) is 0.421. The van der Waals surface area contributed by atoms with Gasteiger partial charge in [-0.25, -0.2) is 4.79 Å². The van der Waals surface area contributed by atoms with Gasteiger partial charge in [0.25, 0.3) is 0 Å². The van der Waals surface area contributed by atoms with Gasteiger partial charge in [0.2, 0.25) is 0 Å². The summed E-state index contributed by atoms with van der Waals surface area (Å²) in [5, 5.41) is 5.81. The summed E-state index contributed by atoms with van der Waals surface area (Å²) in [6, 6.07) is 11.6. The molecule has 2 N–H and O–H groups in total. The van der Waals surface area contributed by atoms with Gasteiger partial charge in [0, 0.05) is 44.1 Å². The monoisotopic (exact) mass is 341 g/mol. The van der Waals surface area contributed by atoms with Gasteiger partial charge in [0.05, 0.1) is 11.4 Å². The highest BCUT2D eigenvalue weighted by Crippen LogP contribution is 2.06. The Morgan fingerprint density at radius 2 is 1.56 bits per heavy atom. The minimum Gasteiger partial charge on any atom is -0.337 e. The lowest BCUT2D eigenvalue weighted by molar-refractivity contribution is 0.223. The highest BCUT2D eigenvalue weighted by molar-refractivity contribution is 5.74. The van der Waals surface area contributed by atoms with Gasteiger partial charge in [-0.15, -0.1) is 0 Å². The number of nitrogens with zero attached hydrogens (tertiary/aromatic N) is 3. The quantitative estimate of drug-likeness (QED) is 0.812. The Hall–Kier alpha value is -2.47. The lowest BCUT2D eigenvalue weighted by Gasteiger charge is -2.24. The molecule has 134 valence electrons. The number of pyridine rings is 2. The highest BCUT2D eigenvalue weighted by Gasteiger charge is 2.14. The van der Waals surface area contributed by atoms with Crippen LogP contribution in [0.2, 0.25) is 0 Å². The molecule has 0 spiro atoms. The molecule has 2 aromatic heterocycles. The van der Waals surface area contributed by atoms with E-state index in [1.54, 1.807) is 12.4 Å². The van der Waals surface area contributed by atoms with Crippen molar-refractivity contribution in [1.29, 1.82) is 0 Å². The molecule has 0 bridgehead atoms. The average molecular weight is 341 g/mol. The second-order valence-corrected chi connectivity index (χ2v) is 6.98. The summed E-state index contributed by atoms with van der Waals surface area (Å²) < 4.78 is 0. The van der Waals surface area contributed by atoms with E-state index >= 15 is 0 Å². The van der Waals surface area contributed by atoms with Crippen molar-refractivity contribution in [3.05, 3.63) is 60.2 Å². The molecule has 0 aliphatic rings. The summed E-state index contributed by atoms with van der Waals surface area (Å²) in [5.74, 6) is 0. The van der Waals surface area contributed by atoms with Crippen molar-refractivity contribution < 1.29 is 4.79 Å². The van der Waals surface area contributed by atoms with Gasteiger partial charge in [-0.3, -0.25) is 14.9 Å². The molecule has 2 heterocycles. The number of amides is 2. The van der Waals surface area contributed by atoms with Gasteiger partial charge < -0.3 is 10.6 Å². The first-order valence-electron chi connectivity index (χ1n) is 8.50. The Bertz CT molecular complexity index is 598. The highest BCUT2D eigenvalue weighted by atomic mass is 16.2. The van der Waals surface area contributed by atoms with Gasteiger partial charge in [0.1, 0.15) is 0 Å². The van der Waals surface area contributed by atoms with Crippen LogP contribution in [0.4, 0.5) is 4.79 Å². The summed E-state index contributed by atoms with van der Waals surface area (Å²) in [4.78, 5) is 22.9. The number of hydrogen-bond acceptors (Lipinski definition) is 4. The number of urea groups is 1. The van der Waals surface area contributed by atoms with Crippen LogP contribution < -0.4 is 10.6 Å². The van der Waals surface area contributed by atoms with Gasteiger partial charge >= 0.3 is 6.03 Å². The molecule has 0 aliphatic carbocycles. The van der Waals surface area contributed by atoms with E-state index in [0.717, 1.165) is 11.4 Å². The molecule has 0 fully saturated rings. The minimum atomic E-state index is -0.244. The Morgan fingerprint density at radius 1 is 1.00 bits per heavy atom. The fourth-order valence-corrected chi connectivity index (χ4v) is 2.37. The Labute approximate surface area is 149 Å². The van der Waals surface area contributed by atoms with Crippen LogP contribution >= 0.6 is 0 Å². The van der Waals surface area contributed by atoms with Crippen molar-refractivity contribution in [2.75, 3.05) is 13.1 Å². The number of nitrogens with one attached hydrogen (secondary N) is 2. The van der Waals surface area contributed by atoms with Crippen LogP contribution in [-0.4, -0.2) is 39.5 Å². The van der Waals surface area contributed by atoms with Crippen molar-refractivity contribution >= 4 is 6.03 Å². The zero-order chi connectivity index (χ0) is 18.1. The van der Waals surface area contributed by atoms with Gasteiger partial charge in [-0.2, -0.15) is 0 Å². The molecule has 2 rings (SSSR count). The van der Waals surface area contributed by atoms with Crippen LogP contribution in [-0.2, 0) is 13.1 Å². The predicted octanol–water partition coefficient (Wildman–Crippen LogP) is 2.58. The van der Waals surface area contributed by atoms with E-state index in [9.17, 15) is 4.79 Å². The van der Waals surface area contributed by atoms with E-state index in [0.29, 0.717) is 26.2 Å². The molecule has 25 heavy (non-hydrogen) atoms. The Kier molecular flexibility index (Phi) is 6.89. The van der Waals surface area contributed by atoms with Crippen LogP contribution in [0.1, 0.15) is 32.2 Å². The zero-order valence-corrected chi connectivity index (χ0v) is 15.2. The maximum Gasteiger partial charge on any atom is 0.315 e. The fourth-order valence-electron chi connectivity index (χ4n) is 2.37. The van der Waals surface area contributed by atoms with Crippen molar-refractivity contribution in [3.63, 3.8) is 0 Å². The van der Waals surface area contributed by atoms with Crippen LogP contribution in [0.5, 0.6) is 0 Å². The molecule has 0 atom stereocenters. The third kappa shape index (κ3) is 7.76. The number of aromatic nitrogens is 2. The number of hydrogen-bond donors (Lipinski definition) is 2. The molecular formula is C19H27N5O. The lowest BCUT2D eigenvalue weighted by Crippen LogP contribution is -2.48. The van der Waals surface area contributed by atoms with E-state index < -0.39 is 0 Å². The maximum absolute atomic E-state index is 11.9. The first kappa shape index (κ1) is 18.9. The standard InChI is InChI=1S/C19H27N5O/c1-19(2,3)23-18(25)22-12-13-24(14-16-8-4-6-10-20-16)15-17-9-5-7-11-21-17/h4-11H,12-15H2,1-3H3,(H2,22,23,25). The Balaban J connectivity index is 1.91. The van der Waals surface area contributed by atoms with E-state index in [1.807, 2.05) is 57.2 Å². The molecule has 0 aromatic carbocycles. The molecule has 2 amide bonds. The van der Waals surface area contributed by atoms with E-state index in [-0.39, 0.29) is 11.6 Å². The van der Waals surface area contributed by atoms with Gasteiger partial charge in [-0.05, 0) is 45.0 Å². The molecule has 0 saturated carbocycles. The largest absolute Gasteiger partial charge is 0.337 e. The molecule has 2 aromatic rings. The zero-order valence-electron chi connectivity index (χ0n) is 15.2. The van der Waals surface area contributed by atoms with Crippen molar-refractivity contribution in [2.24, 2.45) is 0 Å². The predicted molar refractivity (Wildman–Crippen MR) is 98.9 cm³/mol. The molecule has 6 nitrogen and oxygen atoms in total. The molecular weight excluding hydrogens is 314 g/mol. The summed E-state index contributed by atoms with van der Waals surface area (Å²) in [6.45, 7) is 8.56. The second-order valence-electron chi connectivity index (χ2n) is 6.98. The van der Waals surface area contributed by atoms with Gasteiger partial charge in [0.15, 0.2) is 0 Å². The molecule has 0 saturated heterocycles. The normalized spacial score (nSPS) is 11.4. The summed E-state index contributed by atoms with van der Waals surface area (Å²) in [7, 11) is 0.